The first-order valence-electron chi connectivity index (χ1n) is 7.70. The van der Waals surface area contributed by atoms with Crippen molar-refractivity contribution in [2.45, 2.75) is 44.4 Å². The van der Waals surface area contributed by atoms with Crippen LogP contribution in [0.1, 0.15) is 36.9 Å². The molecule has 1 saturated carbocycles. The van der Waals surface area contributed by atoms with Crippen molar-refractivity contribution in [2.75, 3.05) is 6.54 Å². The van der Waals surface area contributed by atoms with Crippen molar-refractivity contribution in [3.05, 3.63) is 53.9 Å². The molecular formula is C17H23N3O. The van der Waals surface area contributed by atoms with Gasteiger partial charge in [-0.15, -0.1) is 0 Å². The number of aromatic amines is 1. The van der Waals surface area contributed by atoms with E-state index in [1.54, 1.807) is 6.20 Å². The van der Waals surface area contributed by atoms with Crippen LogP contribution in [-0.2, 0) is 13.1 Å². The van der Waals surface area contributed by atoms with E-state index in [-0.39, 0.29) is 0 Å². The van der Waals surface area contributed by atoms with Crippen LogP contribution in [0.3, 0.4) is 0 Å². The first kappa shape index (κ1) is 14.3. The molecule has 1 aliphatic rings. The second-order valence-corrected chi connectivity index (χ2v) is 6.14. The monoisotopic (exact) mass is 285 g/mol. The summed E-state index contributed by atoms with van der Waals surface area (Å²) in [4.78, 5) is 2.31. The lowest BCUT2D eigenvalue weighted by molar-refractivity contribution is 0.00420. The lowest BCUT2D eigenvalue weighted by Gasteiger charge is -2.31. The van der Waals surface area contributed by atoms with Gasteiger partial charge in [0, 0.05) is 31.5 Å². The molecule has 2 N–H and O–H groups in total. The minimum atomic E-state index is -0.519. The Morgan fingerprint density at radius 2 is 1.86 bits per heavy atom. The van der Waals surface area contributed by atoms with Gasteiger partial charge in [0.05, 0.1) is 5.60 Å². The van der Waals surface area contributed by atoms with Gasteiger partial charge < -0.3 is 5.11 Å². The summed E-state index contributed by atoms with van der Waals surface area (Å²) < 4.78 is 0. The average molecular weight is 285 g/mol. The Balaban J connectivity index is 1.70. The number of nitrogens with one attached hydrogen (secondary N) is 1. The average Bonchev–Trinajstić information content (AvgIpc) is 3.12. The summed E-state index contributed by atoms with van der Waals surface area (Å²) in [5.41, 5.74) is 1.85. The fourth-order valence-electron chi connectivity index (χ4n) is 3.23. The summed E-state index contributed by atoms with van der Waals surface area (Å²) >= 11 is 0. The van der Waals surface area contributed by atoms with Gasteiger partial charge in [0.25, 0.3) is 0 Å². The van der Waals surface area contributed by atoms with E-state index < -0.39 is 5.60 Å². The van der Waals surface area contributed by atoms with Gasteiger partial charge in [-0.1, -0.05) is 43.2 Å². The minimum absolute atomic E-state index is 0.519. The lowest BCUT2D eigenvalue weighted by atomic mass is 10.0. The smallest absolute Gasteiger partial charge is 0.0774 e. The van der Waals surface area contributed by atoms with Gasteiger partial charge in [-0.2, -0.15) is 5.10 Å². The van der Waals surface area contributed by atoms with Crippen molar-refractivity contribution >= 4 is 0 Å². The molecule has 0 unspecified atom stereocenters. The third-order valence-electron chi connectivity index (χ3n) is 4.25. The van der Waals surface area contributed by atoms with Crippen molar-refractivity contribution in [3.8, 4) is 0 Å². The highest BCUT2D eigenvalue weighted by molar-refractivity contribution is 5.15. The summed E-state index contributed by atoms with van der Waals surface area (Å²) in [6, 6.07) is 12.4. The Bertz CT molecular complexity index is 532. The molecule has 4 nitrogen and oxygen atoms in total. The molecule has 0 saturated heterocycles. The SMILES string of the molecule is OC1(CN(Cc2ccccc2)Cc2ccn[nH]2)CCCC1. The molecule has 0 amide bonds. The van der Waals surface area contributed by atoms with Crippen LogP contribution >= 0.6 is 0 Å². The van der Waals surface area contributed by atoms with E-state index in [9.17, 15) is 5.11 Å². The van der Waals surface area contributed by atoms with Gasteiger partial charge in [-0.25, -0.2) is 0 Å². The van der Waals surface area contributed by atoms with Crippen molar-refractivity contribution in [2.24, 2.45) is 0 Å². The van der Waals surface area contributed by atoms with E-state index >= 15 is 0 Å². The van der Waals surface area contributed by atoms with Crippen molar-refractivity contribution in [3.63, 3.8) is 0 Å². The van der Waals surface area contributed by atoms with Crippen LogP contribution in [-0.4, -0.2) is 32.3 Å². The van der Waals surface area contributed by atoms with Crippen LogP contribution < -0.4 is 0 Å². The van der Waals surface area contributed by atoms with Crippen LogP contribution in [0.4, 0.5) is 0 Å². The Labute approximate surface area is 125 Å². The first-order valence-corrected chi connectivity index (χ1v) is 7.70. The van der Waals surface area contributed by atoms with E-state index in [0.29, 0.717) is 0 Å². The number of hydrogen-bond donors (Lipinski definition) is 2. The van der Waals surface area contributed by atoms with E-state index in [1.807, 2.05) is 12.1 Å². The standard InChI is InChI=1S/C17H23N3O/c21-17(9-4-5-10-17)14-20(13-16-8-11-18-19-16)12-15-6-2-1-3-7-15/h1-3,6-8,11,21H,4-5,9-10,12-14H2,(H,18,19). The number of H-pyrrole nitrogens is 1. The molecule has 1 aromatic heterocycles. The molecule has 1 aromatic carbocycles. The Morgan fingerprint density at radius 3 is 2.52 bits per heavy atom. The molecule has 4 heteroatoms. The first-order chi connectivity index (χ1) is 10.2. The number of nitrogens with zero attached hydrogens (tertiary/aromatic N) is 2. The van der Waals surface area contributed by atoms with Gasteiger partial charge in [0.15, 0.2) is 0 Å². The summed E-state index contributed by atoms with van der Waals surface area (Å²) in [7, 11) is 0. The maximum atomic E-state index is 10.7. The molecule has 2 aromatic rings. The van der Waals surface area contributed by atoms with E-state index in [2.05, 4.69) is 39.4 Å². The molecule has 21 heavy (non-hydrogen) atoms. The zero-order valence-electron chi connectivity index (χ0n) is 12.3. The molecule has 0 atom stereocenters. The fraction of sp³-hybridized carbons (Fsp3) is 0.471. The molecule has 1 aliphatic carbocycles. The topological polar surface area (TPSA) is 52.1 Å². The van der Waals surface area contributed by atoms with Gasteiger partial charge in [-0.3, -0.25) is 10.00 Å². The maximum absolute atomic E-state index is 10.7. The van der Waals surface area contributed by atoms with E-state index in [0.717, 1.165) is 51.0 Å². The zero-order valence-corrected chi connectivity index (χ0v) is 12.3. The summed E-state index contributed by atoms with van der Waals surface area (Å²) in [5, 5.41) is 17.7. The highest BCUT2D eigenvalue weighted by Crippen LogP contribution is 2.31. The van der Waals surface area contributed by atoms with Crippen molar-refractivity contribution in [1.29, 1.82) is 0 Å². The molecule has 0 bridgehead atoms. The van der Waals surface area contributed by atoms with Crippen LogP contribution in [0.25, 0.3) is 0 Å². The third kappa shape index (κ3) is 3.93. The number of aliphatic hydroxyl groups is 1. The Kier molecular flexibility index (Phi) is 4.36. The maximum Gasteiger partial charge on any atom is 0.0774 e. The predicted molar refractivity (Wildman–Crippen MR) is 82.6 cm³/mol. The normalized spacial score (nSPS) is 17.4. The highest BCUT2D eigenvalue weighted by atomic mass is 16.3. The van der Waals surface area contributed by atoms with Gasteiger partial charge in [0.1, 0.15) is 0 Å². The summed E-state index contributed by atoms with van der Waals surface area (Å²) in [6.45, 7) is 2.36. The predicted octanol–water partition coefficient (Wildman–Crippen LogP) is 2.72. The van der Waals surface area contributed by atoms with E-state index in [1.165, 1.54) is 5.56 Å². The highest BCUT2D eigenvalue weighted by Gasteiger charge is 2.33. The largest absolute Gasteiger partial charge is 0.389 e. The minimum Gasteiger partial charge on any atom is -0.389 e. The molecule has 112 valence electrons. The second kappa shape index (κ2) is 6.41. The number of rotatable bonds is 6. The fourth-order valence-corrected chi connectivity index (χ4v) is 3.23. The van der Waals surface area contributed by atoms with Crippen molar-refractivity contribution in [1.82, 2.24) is 15.1 Å². The van der Waals surface area contributed by atoms with Crippen molar-refractivity contribution < 1.29 is 5.11 Å². The van der Waals surface area contributed by atoms with Gasteiger partial charge in [0.2, 0.25) is 0 Å². The summed E-state index contributed by atoms with van der Waals surface area (Å²) in [6.07, 6.45) is 5.89. The van der Waals surface area contributed by atoms with Crippen LogP contribution in [0.15, 0.2) is 42.6 Å². The molecule has 1 heterocycles. The van der Waals surface area contributed by atoms with Crippen LogP contribution in [0.2, 0.25) is 0 Å². The summed E-state index contributed by atoms with van der Waals surface area (Å²) in [5.74, 6) is 0. The Hall–Kier alpha value is -1.65. The molecule has 0 spiro atoms. The number of hydrogen-bond acceptors (Lipinski definition) is 3. The molecule has 0 aliphatic heterocycles. The van der Waals surface area contributed by atoms with E-state index in [4.69, 9.17) is 0 Å². The molecular weight excluding hydrogens is 262 g/mol. The molecule has 0 radical (unpaired) electrons. The lowest BCUT2D eigenvalue weighted by Crippen LogP contribution is -2.40. The number of aromatic nitrogens is 2. The second-order valence-electron chi connectivity index (χ2n) is 6.14. The quantitative estimate of drug-likeness (QED) is 0.858. The third-order valence-corrected chi connectivity index (χ3v) is 4.25. The zero-order chi connectivity index (χ0) is 14.5. The molecule has 3 rings (SSSR count). The molecule has 1 fully saturated rings. The van der Waals surface area contributed by atoms with Gasteiger partial charge >= 0.3 is 0 Å². The number of benzene rings is 1. The van der Waals surface area contributed by atoms with Gasteiger partial charge in [-0.05, 0) is 24.5 Å². The Morgan fingerprint density at radius 1 is 1.10 bits per heavy atom. The van der Waals surface area contributed by atoms with Crippen LogP contribution in [0.5, 0.6) is 0 Å². The van der Waals surface area contributed by atoms with Crippen LogP contribution in [0, 0.1) is 0 Å².